The molecular weight excluding hydrogens is 334 g/mol. The average Bonchev–Trinajstić information content (AvgIpc) is 2.93. The SMILES string of the molecule is O=C(/C=C/c1nc2ccccc2s1)NCCCN1CCCCCC1=O. The van der Waals surface area contributed by atoms with Gasteiger partial charge in [-0.2, -0.15) is 0 Å². The Labute approximate surface area is 151 Å². The number of nitrogens with one attached hydrogen (secondary N) is 1. The summed E-state index contributed by atoms with van der Waals surface area (Å²) in [6.07, 6.45) is 7.94. The zero-order valence-electron chi connectivity index (χ0n) is 14.2. The van der Waals surface area contributed by atoms with E-state index in [4.69, 9.17) is 0 Å². The fourth-order valence-corrected chi connectivity index (χ4v) is 3.79. The smallest absolute Gasteiger partial charge is 0.244 e. The molecule has 0 radical (unpaired) electrons. The van der Waals surface area contributed by atoms with Gasteiger partial charge in [0.2, 0.25) is 11.8 Å². The summed E-state index contributed by atoms with van der Waals surface area (Å²) in [5.41, 5.74) is 0.953. The molecule has 1 N–H and O–H groups in total. The number of carbonyl (C=O) groups is 2. The van der Waals surface area contributed by atoms with E-state index in [1.165, 1.54) is 6.08 Å². The highest BCUT2D eigenvalue weighted by molar-refractivity contribution is 7.19. The van der Waals surface area contributed by atoms with Crippen molar-refractivity contribution >= 4 is 39.4 Å². The van der Waals surface area contributed by atoms with Crippen LogP contribution in [-0.4, -0.2) is 41.3 Å². The Balaban J connectivity index is 1.41. The van der Waals surface area contributed by atoms with Crippen molar-refractivity contribution < 1.29 is 9.59 Å². The highest BCUT2D eigenvalue weighted by Gasteiger charge is 2.15. The molecule has 0 bridgehead atoms. The van der Waals surface area contributed by atoms with E-state index in [0.29, 0.717) is 13.0 Å². The second-order valence-electron chi connectivity index (χ2n) is 6.19. The number of amides is 2. The molecule has 1 aromatic heterocycles. The van der Waals surface area contributed by atoms with E-state index in [1.807, 2.05) is 29.2 Å². The Hall–Kier alpha value is -2.21. The number of likely N-dealkylation sites (tertiary alicyclic amines) is 1. The maximum atomic E-state index is 11.9. The molecule has 132 valence electrons. The highest BCUT2D eigenvalue weighted by Crippen LogP contribution is 2.22. The van der Waals surface area contributed by atoms with Crippen LogP contribution in [0, 0.1) is 0 Å². The van der Waals surface area contributed by atoms with E-state index >= 15 is 0 Å². The zero-order chi connectivity index (χ0) is 17.5. The van der Waals surface area contributed by atoms with Gasteiger partial charge >= 0.3 is 0 Å². The summed E-state index contributed by atoms with van der Waals surface area (Å²) in [6.45, 7) is 2.15. The van der Waals surface area contributed by atoms with Crippen LogP contribution in [0.25, 0.3) is 16.3 Å². The first-order chi connectivity index (χ1) is 12.2. The normalized spacial score (nSPS) is 15.7. The molecule has 1 fully saturated rings. The van der Waals surface area contributed by atoms with E-state index in [-0.39, 0.29) is 11.8 Å². The van der Waals surface area contributed by atoms with Gasteiger partial charge in [0.1, 0.15) is 5.01 Å². The van der Waals surface area contributed by atoms with Crippen LogP contribution in [0.2, 0.25) is 0 Å². The van der Waals surface area contributed by atoms with Gasteiger partial charge in [-0.3, -0.25) is 9.59 Å². The van der Waals surface area contributed by atoms with E-state index < -0.39 is 0 Å². The Kier molecular flexibility index (Phi) is 6.17. The van der Waals surface area contributed by atoms with Crippen LogP contribution in [0.3, 0.4) is 0 Å². The molecule has 0 aliphatic carbocycles. The lowest BCUT2D eigenvalue weighted by atomic mass is 10.2. The molecule has 0 spiro atoms. The van der Waals surface area contributed by atoms with E-state index in [9.17, 15) is 9.59 Å². The summed E-state index contributed by atoms with van der Waals surface area (Å²) < 4.78 is 1.12. The second-order valence-corrected chi connectivity index (χ2v) is 7.25. The molecule has 2 heterocycles. The van der Waals surface area contributed by atoms with Gasteiger partial charge in [0.15, 0.2) is 0 Å². The molecule has 25 heavy (non-hydrogen) atoms. The van der Waals surface area contributed by atoms with Crippen LogP contribution in [0.1, 0.15) is 37.1 Å². The summed E-state index contributed by atoms with van der Waals surface area (Å²) in [5.74, 6) is 0.126. The number of benzene rings is 1. The molecule has 1 aromatic carbocycles. The number of nitrogens with zero attached hydrogens (tertiary/aromatic N) is 2. The lowest BCUT2D eigenvalue weighted by Crippen LogP contribution is -2.33. The molecule has 1 aliphatic rings. The number of aromatic nitrogens is 1. The van der Waals surface area contributed by atoms with Crippen molar-refractivity contribution in [3.05, 3.63) is 35.3 Å². The predicted octanol–water partition coefficient (Wildman–Crippen LogP) is 3.22. The van der Waals surface area contributed by atoms with Crippen LogP contribution in [0.15, 0.2) is 30.3 Å². The summed E-state index contributed by atoms with van der Waals surface area (Å²) in [5, 5.41) is 3.70. The molecule has 0 saturated carbocycles. The number of hydrogen-bond acceptors (Lipinski definition) is 4. The Morgan fingerprint density at radius 3 is 3.04 bits per heavy atom. The van der Waals surface area contributed by atoms with Gasteiger partial charge in [0.25, 0.3) is 0 Å². The summed E-state index contributed by atoms with van der Waals surface area (Å²) in [7, 11) is 0. The first-order valence-electron chi connectivity index (χ1n) is 8.81. The van der Waals surface area contributed by atoms with Crippen LogP contribution >= 0.6 is 11.3 Å². The number of para-hydroxylation sites is 1. The highest BCUT2D eigenvalue weighted by atomic mass is 32.1. The first-order valence-corrected chi connectivity index (χ1v) is 9.63. The maximum Gasteiger partial charge on any atom is 0.244 e. The Bertz CT molecular complexity index is 736. The maximum absolute atomic E-state index is 11.9. The number of carbonyl (C=O) groups excluding carboxylic acids is 2. The van der Waals surface area contributed by atoms with Crippen molar-refractivity contribution in [3.8, 4) is 0 Å². The van der Waals surface area contributed by atoms with Crippen molar-refractivity contribution in [2.24, 2.45) is 0 Å². The number of rotatable bonds is 6. The first kappa shape index (κ1) is 17.6. The molecule has 6 heteroatoms. The third-order valence-corrected chi connectivity index (χ3v) is 5.26. The van der Waals surface area contributed by atoms with Gasteiger partial charge in [0, 0.05) is 32.1 Å². The van der Waals surface area contributed by atoms with E-state index in [0.717, 1.165) is 54.0 Å². The monoisotopic (exact) mass is 357 g/mol. The largest absolute Gasteiger partial charge is 0.352 e. The van der Waals surface area contributed by atoms with Crippen LogP contribution in [0.5, 0.6) is 0 Å². The lowest BCUT2D eigenvalue weighted by Gasteiger charge is -2.20. The van der Waals surface area contributed by atoms with Crippen molar-refractivity contribution in [2.45, 2.75) is 32.1 Å². The zero-order valence-corrected chi connectivity index (χ0v) is 15.1. The Morgan fingerprint density at radius 1 is 1.28 bits per heavy atom. The molecule has 2 amide bonds. The molecule has 3 rings (SSSR count). The standard InChI is InChI=1S/C19H23N3O2S/c23-17(10-11-18-21-15-7-3-4-8-16(15)25-18)20-12-6-14-22-13-5-1-2-9-19(22)24/h3-4,7-8,10-11H,1-2,5-6,9,12-14H2,(H,20,23)/b11-10+. The fourth-order valence-electron chi connectivity index (χ4n) is 2.92. The minimum Gasteiger partial charge on any atom is -0.352 e. The Morgan fingerprint density at radius 2 is 2.16 bits per heavy atom. The lowest BCUT2D eigenvalue weighted by molar-refractivity contribution is -0.130. The summed E-state index contributed by atoms with van der Waals surface area (Å²) in [6, 6.07) is 7.93. The van der Waals surface area contributed by atoms with E-state index in [1.54, 1.807) is 17.4 Å². The van der Waals surface area contributed by atoms with Crippen molar-refractivity contribution in [1.82, 2.24) is 15.2 Å². The average molecular weight is 357 g/mol. The van der Waals surface area contributed by atoms with Crippen LogP contribution in [0.4, 0.5) is 0 Å². The second kappa shape index (κ2) is 8.76. The molecule has 0 unspecified atom stereocenters. The molecule has 0 atom stereocenters. The van der Waals surface area contributed by atoms with Crippen molar-refractivity contribution in [2.75, 3.05) is 19.6 Å². The fraction of sp³-hybridized carbons (Fsp3) is 0.421. The number of thiazole rings is 1. The summed E-state index contributed by atoms with van der Waals surface area (Å²) >= 11 is 1.57. The topological polar surface area (TPSA) is 62.3 Å². The third kappa shape index (κ3) is 5.13. The third-order valence-electron chi connectivity index (χ3n) is 4.26. The number of hydrogen-bond donors (Lipinski definition) is 1. The minimum absolute atomic E-state index is 0.124. The van der Waals surface area contributed by atoms with Gasteiger partial charge in [-0.25, -0.2) is 4.98 Å². The van der Waals surface area contributed by atoms with Crippen molar-refractivity contribution in [3.63, 3.8) is 0 Å². The van der Waals surface area contributed by atoms with Gasteiger partial charge < -0.3 is 10.2 Å². The molecule has 1 saturated heterocycles. The van der Waals surface area contributed by atoms with Crippen molar-refractivity contribution in [1.29, 1.82) is 0 Å². The molecule has 2 aromatic rings. The van der Waals surface area contributed by atoms with Crippen LogP contribution < -0.4 is 5.32 Å². The van der Waals surface area contributed by atoms with Gasteiger partial charge in [-0.15, -0.1) is 11.3 Å². The minimum atomic E-state index is -0.124. The number of fused-ring (bicyclic) bond motifs is 1. The quantitative estimate of drug-likeness (QED) is 0.638. The molecular formula is C19H23N3O2S. The van der Waals surface area contributed by atoms with E-state index in [2.05, 4.69) is 10.3 Å². The van der Waals surface area contributed by atoms with Gasteiger partial charge in [-0.1, -0.05) is 18.6 Å². The predicted molar refractivity (Wildman–Crippen MR) is 101 cm³/mol. The molecule has 1 aliphatic heterocycles. The van der Waals surface area contributed by atoms with Gasteiger partial charge in [0.05, 0.1) is 10.2 Å². The molecule has 5 nitrogen and oxygen atoms in total. The van der Waals surface area contributed by atoms with Crippen LogP contribution in [-0.2, 0) is 9.59 Å². The van der Waals surface area contributed by atoms with Gasteiger partial charge in [-0.05, 0) is 37.5 Å². The summed E-state index contributed by atoms with van der Waals surface area (Å²) in [4.78, 5) is 30.2.